The van der Waals surface area contributed by atoms with E-state index < -0.39 is 0 Å². The molecule has 7 rings (SSSR count). The lowest BCUT2D eigenvalue weighted by Crippen LogP contribution is -2.21. The van der Waals surface area contributed by atoms with Crippen molar-refractivity contribution in [2.45, 2.75) is 0 Å². The molecule has 0 unspecified atom stereocenters. The van der Waals surface area contributed by atoms with Gasteiger partial charge in [-0.3, -0.25) is 13.8 Å². The first-order chi connectivity index (χ1) is 17.8. The van der Waals surface area contributed by atoms with Crippen LogP contribution in [0.15, 0.2) is 138 Å². The minimum absolute atomic E-state index is 0.0200. The van der Waals surface area contributed by atoms with Gasteiger partial charge in [-0.25, -0.2) is 0 Å². The van der Waals surface area contributed by atoms with Gasteiger partial charge in [0.05, 0.1) is 22.3 Å². The van der Waals surface area contributed by atoms with Gasteiger partial charge in [0, 0.05) is 10.8 Å². The molecule has 0 radical (unpaired) electrons. The van der Waals surface area contributed by atoms with Gasteiger partial charge in [-0.1, -0.05) is 109 Å². The Kier molecular flexibility index (Phi) is 4.61. The van der Waals surface area contributed by atoms with Gasteiger partial charge in [-0.05, 0) is 41.0 Å². The molecular weight excluding hydrogens is 440 g/mol. The van der Waals surface area contributed by atoms with Crippen molar-refractivity contribution in [1.29, 1.82) is 0 Å². The van der Waals surface area contributed by atoms with Crippen LogP contribution in [0.1, 0.15) is 0 Å². The van der Waals surface area contributed by atoms with Crippen LogP contribution in [0.4, 0.5) is 0 Å². The minimum atomic E-state index is -0.0200. The maximum atomic E-state index is 14.0. The van der Waals surface area contributed by atoms with E-state index in [9.17, 15) is 4.79 Å². The summed E-state index contributed by atoms with van der Waals surface area (Å²) in [7, 11) is 0. The quantitative estimate of drug-likeness (QED) is 0.264. The Hall–Kier alpha value is -4.89. The van der Waals surface area contributed by atoms with Crippen LogP contribution in [0.3, 0.4) is 0 Å². The van der Waals surface area contributed by atoms with E-state index >= 15 is 0 Å². The van der Waals surface area contributed by atoms with E-state index in [0.29, 0.717) is 5.39 Å². The van der Waals surface area contributed by atoms with Crippen molar-refractivity contribution in [3.63, 3.8) is 0 Å². The van der Waals surface area contributed by atoms with E-state index in [1.54, 1.807) is 0 Å². The molecule has 3 nitrogen and oxygen atoms in total. The molecule has 0 saturated heterocycles. The first-order valence-corrected chi connectivity index (χ1v) is 12.1. The highest BCUT2D eigenvalue weighted by molar-refractivity contribution is 6.08. The summed E-state index contributed by atoms with van der Waals surface area (Å²) in [6, 6.07) is 45.2. The summed E-state index contributed by atoms with van der Waals surface area (Å²) in [5.41, 5.74) is 7.08. The van der Waals surface area contributed by atoms with Crippen molar-refractivity contribution in [3.8, 4) is 28.1 Å². The molecule has 36 heavy (non-hydrogen) atoms. The van der Waals surface area contributed by atoms with Gasteiger partial charge in [0.1, 0.15) is 5.65 Å². The molecule has 0 aliphatic rings. The van der Waals surface area contributed by atoms with Crippen LogP contribution in [-0.2, 0) is 0 Å². The number of rotatable bonds is 3. The number of hydrogen-bond donors (Lipinski definition) is 0. The fraction of sp³-hybridized carbons (Fsp3) is 0. The second-order valence-corrected chi connectivity index (χ2v) is 8.99. The maximum Gasteiger partial charge on any atom is 0.266 e. The molecule has 0 bridgehead atoms. The van der Waals surface area contributed by atoms with E-state index in [1.807, 2.05) is 71.3 Å². The average molecular weight is 463 g/mol. The normalized spacial score (nSPS) is 11.4. The minimum Gasteiger partial charge on any atom is -0.293 e. The molecule has 0 spiro atoms. The van der Waals surface area contributed by atoms with Gasteiger partial charge >= 0.3 is 0 Å². The highest BCUT2D eigenvalue weighted by atomic mass is 16.1. The fourth-order valence-corrected chi connectivity index (χ4v) is 5.31. The number of fused-ring (bicyclic) bond motifs is 5. The molecule has 5 aromatic carbocycles. The Bertz CT molecular complexity index is 1930. The van der Waals surface area contributed by atoms with Crippen molar-refractivity contribution >= 4 is 27.3 Å². The SMILES string of the molecule is O=c1c2ccccc2n2c(-c3ccccc3)c3ccccc3c2n1-c1ccc(-c2ccccc2)cc1. The Labute approximate surface area is 208 Å². The monoisotopic (exact) mass is 462 g/mol. The van der Waals surface area contributed by atoms with Crippen molar-refractivity contribution in [1.82, 2.24) is 8.97 Å². The summed E-state index contributed by atoms with van der Waals surface area (Å²) in [6.07, 6.45) is 0. The van der Waals surface area contributed by atoms with Crippen molar-refractivity contribution < 1.29 is 0 Å². The molecule has 3 heteroatoms. The predicted octanol–water partition coefficient (Wildman–Crippen LogP) is 7.73. The molecule has 0 fully saturated rings. The van der Waals surface area contributed by atoms with Gasteiger partial charge in [0.25, 0.3) is 5.56 Å². The number of benzene rings is 5. The van der Waals surface area contributed by atoms with Gasteiger partial charge in [0.2, 0.25) is 0 Å². The third-order valence-corrected chi connectivity index (χ3v) is 6.93. The molecule has 0 N–H and O–H groups in total. The highest BCUT2D eigenvalue weighted by Gasteiger charge is 2.21. The maximum absolute atomic E-state index is 14.0. The van der Waals surface area contributed by atoms with Crippen LogP contribution in [0.5, 0.6) is 0 Å². The van der Waals surface area contributed by atoms with E-state index in [0.717, 1.165) is 50.0 Å². The Morgan fingerprint density at radius 2 is 0.972 bits per heavy atom. The Morgan fingerprint density at radius 1 is 0.444 bits per heavy atom. The molecule has 0 atom stereocenters. The van der Waals surface area contributed by atoms with E-state index in [2.05, 4.69) is 71.1 Å². The number of nitrogens with zero attached hydrogens (tertiary/aromatic N) is 2. The van der Waals surface area contributed by atoms with Crippen molar-refractivity contribution in [2.24, 2.45) is 0 Å². The van der Waals surface area contributed by atoms with Crippen molar-refractivity contribution in [3.05, 3.63) is 144 Å². The number of para-hydroxylation sites is 1. The number of hydrogen-bond acceptors (Lipinski definition) is 1. The lowest BCUT2D eigenvalue weighted by Gasteiger charge is -2.15. The molecule has 2 heterocycles. The van der Waals surface area contributed by atoms with Crippen LogP contribution in [-0.4, -0.2) is 8.97 Å². The number of aromatic nitrogens is 2. The average Bonchev–Trinajstić information content (AvgIpc) is 3.30. The Morgan fingerprint density at radius 3 is 1.67 bits per heavy atom. The predicted molar refractivity (Wildman–Crippen MR) is 149 cm³/mol. The summed E-state index contributed by atoms with van der Waals surface area (Å²) < 4.78 is 4.12. The second-order valence-electron chi connectivity index (χ2n) is 8.99. The lowest BCUT2D eigenvalue weighted by molar-refractivity contribution is 1.01. The zero-order valence-electron chi connectivity index (χ0n) is 19.5. The Balaban J connectivity index is 1.63. The summed E-state index contributed by atoms with van der Waals surface area (Å²) in [6.45, 7) is 0. The third kappa shape index (κ3) is 3.03. The van der Waals surface area contributed by atoms with Gasteiger partial charge < -0.3 is 0 Å². The largest absolute Gasteiger partial charge is 0.293 e. The van der Waals surface area contributed by atoms with Crippen LogP contribution < -0.4 is 5.56 Å². The fourth-order valence-electron chi connectivity index (χ4n) is 5.31. The molecule has 0 saturated carbocycles. The zero-order valence-corrected chi connectivity index (χ0v) is 19.5. The summed E-state index contributed by atoms with van der Waals surface area (Å²) in [5.74, 6) is 0. The molecule has 2 aromatic heterocycles. The van der Waals surface area contributed by atoms with Gasteiger partial charge in [-0.2, -0.15) is 0 Å². The molecule has 0 amide bonds. The highest BCUT2D eigenvalue weighted by Crippen LogP contribution is 2.36. The molecule has 0 aliphatic carbocycles. The zero-order chi connectivity index (χ0) is 24.1. The van der Waals surface area contributed by atoms with E-state index in [4.69, 9.17) is 0 Å². The second kappa shape index (κ2) is 8.10. The van der Waals surface area contributed by atoms with E-state index in [-0.39, 0.29) is 5.56 Å². The molecule has 0 aliphatic heterocycles. The van der Waals surface area contributed by atoms with Gasteiger partial charge in [-0.15, -0.1) is 0 Å². The third-order valence-electron chi connectivity index (χ3n) is 6.93. The summed E-state index contributed by atoms with van der Waals surface area (Å²) in [4.78, 5) is 14.0. The molecule has 170 valence electrons. The topological polar surface area (TPSA) is 26.4 Å². The smallest absolute Gasteiger partial charge is 0.266 e. The standard InChI is InChI=1S/C33H22N2O/c36-33-29-17-9-10-18-30(29)35-31(25-13-5-2-6-14-25)27-15-7-8-16-28(27)32(35)34(33)26-21-19-24(20-22-26)23-11-3-1-4-12-23/h1-22H. The lowest BCUT2D eigenvalue weighted by atomic mass is 10.1. The van der Waals surface area contributed by atoms with Crippen LogP contribution >= 0.6 is 0 Å². The van der Waals surface area contributed by atoms with Gasteiger partial charge in [0.15, 0.2) is 0 Å². The molecular formula is C33H22N2O. The first kappa shape index (κ1) is 20.5. The first-order valence-electron chi connectivity index (χ1n) is 12.1. The molecule has 7 aromatic rings. The summed E-state index contributed by atoms with van der Waals surface area (Å²) in [5, 5.41) is 2.86. The summed E-state index contributed by atoms with van der Waals surface area (Å²) >= 11 is 0. The van der Waals surface area contributed by atoms with Crippen LogP contribution in [0.2, 0.25) is 0 Å². The van der Waals surface area contributed by atoms with Crippen molar-refractivity contribution in [2.75, 3.05) is 0 Å². The van der Waals surface area contributed by atoms with E-state index in [1.165, 1.54) is 0 Å². The van der Waals surface area contributed by atoms with Crippen LogP contribution in [0, 0.1) is 0 Å². The van der Waals surface area contributed by atoms with Crippen LogP contribution in [0.25, 0.3) is 55.4 Å².